The third kappa shape index (κ3) is 8.71. The van der Waals surface area contributed by atoms with E-state index in [0.29, 0.717) is 17.9 Å². The highest BCUT2D eigenvalue weighted by atomic mass is 16.5. The number of para-hydroxylation sites is 1. The molecule has 0 saturated heterocycles. The maximum absolute atomic E-state index is 12.1. The van der Waals surface area contributed by atoms with Gasteiger partial charge < -0.3 is 9.94 Å². The first-order chi connectivity index (χ1) is 12.2. The highest BCUT2D eigenvalue weighted by Crippen LogP contribution is 2.20. The molecule has 4 nitrogen and oxygen atoms in total. The first kappa shape index (κ1) is 21.2. The Hall–Kier alpha value is -1.84. The van der Waals surface area contributed by atoms with Crippen LogP contribution in [0.15, 0.2) is 29.4 Å². The summed E-state index contributed by atoms with van der Waals surface area (Å²) in [7, 11) is 0. The number of hydrogen-bond donors (Lipinski definition) is 1. The van der Waals surface area contributed by atoms with Crippen molar-refractivity contribution >= 4 is 11.5 Å². The number of unbranched alkanes of at least 4 members (excludes halogenated alkanes) is 9. The molecule has 0 saturated carbocycles. The van der Waals surface area contributed by atoms with Crippen molar-refractivity contribution in [3.8, 4) is 5.75 Å². The standard InChI is InChI=1S/C21H33NO3/c1-3-4-5-6-7-8-9-10-11-14-17-25-20-16-13-12-15-19(20)21(23)18(2)22-24/h12-13,15-16,24H,3-11,14,17H2,1-2H3. The van der Waals surface area contributed by atoms with Gasteiger partial charge in [0.2, 0.25) is 5.78 Å². The lowest BCUT2D eigenvalue weighted by Gasteiger charge is -2.10. The zero-order valence-corrected chi connectivity index (χ0v) is 15.8. The van der Waals surface area contributed by atoms with Crippen LogP contribution < -0.4 is 4.74 Å². The lowest BCUT2D eigenvalue weighted by atomic mass is 10.1. The van der Waals surface area contributed by atoms with Gasteiger partial charge in [-0.15, -0.1) is 0 Å². The molecule has 0 amide bonds. The number of nitrogens with zero attached hydrogens (tertiary/aromatic N) is 1. The lowest BCUT2D eigenvalue weighted by molar-refractivity contribution is 0.105. The summed E-state index contributed by atoms with van der Waals surface area (Å²) in [6.07, 6.45) is 12.8. The topological polar surface area (TPSA) is 58.9 Å². The van der Waals surface area contributed by atoms with Crippen LogP contribution in [0.4, 0.5) is 0 Å². The van der Waals surface area contributed by atoms with Gasteiger partial charge in [-0.05, 0) is 25.5 Å². The van der Waals surface area contributed by atoms with Crippen LogP contribution in [-0.4, -0.2) is 23.3 Å². The smallest absolute Gasteiger partial charge is 0.213 e. The maximum Gasteiger partial charge on any atom is 0.213 e. The highest BCUT2D eigenvalue weighted by molar-refractivity contribution is 6.45. The van der Waals surface area contributed by atoms with Crippen molar-refractivity contribution in [1.82, 2.24) is 0 Å². The Morgan fingerprint density at radius 3 is 2.12 bits per heavy atom. The van der Waals surface area contributed by atoms with Crippen molar-refractivity contribution in [2.45, 2.75) is 78.1 Å². The lowest BCUT2D eigenvalue weighted by Crippen LogP contribution is -2.12. The molecule has 0 aliphatic rings. The molecule has 1 N–H and O–H groups in total. The second kappa shape index (κ2) is 13.5. The molecule has 1 rings (SSSR count). The molecular weight excluding hydrogens is 314 g/mol. The van der Waals surface area contributed by atoms with Crippen molar-refractivity contribution < 1.29 is 14.7 Å². The Labute approximate surface area is 152 Å². The number of carbonyl (C=O) groups excluding carboxylic acids is 1. The zero-order valence-electron chi connectivity index (χ0n) is 15.8. The predicted molar refractivity (Wildman–Crippen MR) is 103 cm³/mol. The molecule has 0 fully saturated rings. The van der Waals surface area contributed by atoms with Gasteiger partial charge in [0.25, 0.3) is 0 Å². The molecule has 0 heterocycles. The molecule has 1 aromatic carbocycles. The Morgan fingerprint density at radius 2 is 1.52 bits per heavy atom. The molecule has 0 atom stereocenters. The molecule has 0 unspecified atom stereocenters. The fraction of sp³-hybridized carbons (Fsp3) is 0.619. The molecule has 4 heteroatoms. The van der Waals surface area contributed by atoms with Crippen LogP contribution in [0.3, 0.4) is 0 Å². The molecule has 0 aliphatic heterocycles. The third-order valence-corrected chi connectivity index (χ3v) is 4.37. The summed E-state index contributed by atoms with van der Waals surface area (Å²) in [5.41, 5.74) is 0.514. The van der Waals surface area contributed by atoms with E-state index in [1.165, 1.54) is 58.3 Å². The average molecular weight is 347 g/mol. The Kier molecular flexibility index (Phi) is 11.4. The van der Waals surface area contributed by atoms with E-state index in [-0.39, 0.29) is 11.5 Å². The van der Waals surface area contributed by atoms with Gasteiger partial charge in [0.1, 0.15) is 11.5 Å². The largest absolute Gasteiger partial charge is 0.493 e. The van der Waals surface area contributed by atoms with E-state index in [0.717, 1.165) is 12.8 Å². The summed E-state index contributed by atoms with van der Waals surface area (Å²) < 4.78 is 5.77. The van der Waals surface area contributed by atoms with E-state index in [2.05, 4.69) is 12.1 Å². The molecule has 0 aliphatic carbocycles. The van der Waals surface area contributed by atoms with Gasteiger partial charge in [0.05, 0.1) is 12.2 Å². The highest BCUT2D eigenvalue weighted by Gasteiger charge is 2.15. The number of ether oxygens (including phenoxy) is 1. The summed E-state index contributed by atoms with van der Waals surface area (Å²) in [6.45, 7) is 4.34. The number of benzene rings is 1. The molecule has 0 aromatic heterocycles. The van der Waals surface area contributed by atoms with Crippen LogP contribution >= 0.6 is 0 Å². The van der Waals surface area contributed by atoms with Crippen molar-refractivity contribution in [2.24, 2.45) is 5.16 Å². The van der Waals surface area contributed by atoms with Crippen molar-refractivity contribution in [3.63, 3.8) is 0 Å². The fourth-order valence-electron chi connectivity index (χ4n) is 2.79. The molecule has 0 radical (unpaired) electrons. The fourth-order valence-corrected chi connectivity index (χ4v) is 2.79. The Morgan fingerprint density at radius 1 is 0.960 bits per heavy atom. The van der Waals surface area contributed by atoms with E-state index >= 15 is 0 Å². The Bertz CT molecular complexity index is 526. The van der Waals surface area contributed by atoms with E-state index in [9.17, 15) is 4.79 Å². The SMILES string of the molecule is CCCCCCCCCCCCOc1ccccc1C(=O)C(C)=NO. The first-order valence-electron chi connectivity index (χ1n) is 9.65. The molecule has 25 heavy (non-hydrogen) atoms. The molecule has 0 spiro atoms. The minimum atomic E-state index is -0.304. The molecule has 1 aromatic rings. The minimum Gasteiger partial charge on any atom is -0.493 e. The number of oxime groups is 1. The minimum absolute atomic E-state index is 0.0648. The Balaban J connectivity index is 2.19. The van der Waals surface area contributed by atoms with E-state index in [1.807, 2.05) is 6.07 Å². The van der Waals surface area contributed by atoms with E-state index in [1.54, 1.807) is 18.2 Å². The molecule has 140 valence electrons. The predicted octanol–water partition coefficient (Wildman–Crippen LogP) is 6.02. The average Bonchev–Trinajstić information content (AvgIpc) is 2.65. The van der Waals surface area contributed by atoms with Crippen LogP contribution in [0.1, 0.15) is 88.4 Å². The maximum atomic E-state index is 12.1. The molecule has 0 bridgehead atoms. The summed E-state index contributed by atoms with van der Waals surface area (Å²) in [5, 5.41) is 11.7. The third-order valence-electron chi connectivity index (χ3n) is 4.37. The quantitative estimate of drug-likeness (QED) is 0.147. The van der Waals surface area contributed by atoms with Crippen LogP contribution in [0.2, 0.25) is 0 Å². The zero-order chi connectivity index (χ0) is 18.3. The van der Waals surface area contributed by atoms with Gasteiger partial charge in [-0.3, -0.25) is 4.79 Å². The molecular formula is C21H33NO3. The van der Waals surface area contributed by atoms with Crippen LogP contribution in [0, 0.1) is 0 Å². The first-order valence-corrected chi connectivity index (χ1v) is 9.65. The van der Waals surface area contributed by atoms with E-state index in [4.69, 9.17) is 9.94 Å². The van der Waals surface area contributed by atoms with Crippen LogP contribution in [-0.2, 0) is 0 Å². The number of hydrogen-bond acceptors (Lipinski definition) is 4. The van der Waals surface area contributed by atoms with Gasteiger partial charge >= 0.3 is 0 Å². The van der Waals surface area contributed by atoms with Crippen LogP contribution in [0.25, 0.3) is 0 Å². The number of Topliss-reactive ketones (excluding diaryl/α,β-unsaturated/α-hetero) is 1. The summed E-state index contributed by atoms with van der Waals surface area (Å²) in [4.78, 5) is 12.1. The van der Waals surface area contributed by atoms with Crippen LogP contribution in [0.5, 0.6) is 5.75 Å². The normalized spacial score (nSPS) is 11.5. The number of rotatable bonds is 14. The van der Waals surface area contributed by atoms with Gasteiger partial charge in [-0.2, -0.15) is 0 Å². The summed E-state index contributed by atoms with van der Waals surface area (Å²) in [5.74, 6) is 0.257. The van der Waals surface area contributed by atoms with Gasteiger partial charge in [-0.1, -0.05) is 82.0 Å². The van der Waals surface area contributed by atoms with E-state index < -0.39 is 0 Å². The number of ketones is 1. The second-order valence-corrected chi connectivity index (χ2v) is 6.54. The monoisotopic (exact) mass is 347 g/mol. The van der Waals surface area contributed by atoms with Crippen molar-refractivity contribution in [1.29, 1.82) is 0 Å². The van der Waals surface area contributed by atoms with Crippen molar-refractivity contribution in [3.05, 3.63) is 29.8 Å². The summed E-state index contributed by atoms with van der Waals surface area (Å²) >= 11 is 0. The number of carbonyl (C=O) groups is 1. The van der Waals surface area contributed by atoms with Gasteiger partial charge in [0.15, 0.2) is 0 Å². The van der Waals surface area contributed by atoms with Gasteiger partial charge in [0, 0.05) is 0 Å². The second-order valence-electron chi connectivity index (χ2n) is 6.54. The van der Waals surface area contributed by atoms with Crippen molar-refractivity contribution in [2.75, 3.05) is 6.61 Å². The van der Waals surface area contributed by atoms with Gasteiger partial charge in [-0.25, -0.2) is 0 Å². The summed E-state index contributed by atoms with van der Waals surface area (Å²) in [6, 6.07) is 7.11.